The van der Waals surface area contributed by atoms with E-state index in [0.717, 1.165) is 6.42 Å². The van der Waals surface area contributed by atoms with Gasteiger partial charge in [0.2, 0.25) is 0 Å². The Kier molecular flexibility index (Phi) is 1.96. The predicted molar refractivity (Wildman–Crippen MR) is 69.1 cm³/mol. The van der Waals surface area contributed by atoms with Gasteiger partial charge in [0.25, 0.3) is 0 Å². The van der Waals surface area contributed by atoms with Crippen molar-refractivity contribution in [2.75, 3.05) is 0 Å². The fourth-order valence-electron chi connectivity index (χ4n) is 2.32. The molecule has 0 bridgehead atoms. The number of aryl methyl sites for hydroxylation is 1. The second-order valence-corrected chi connectivity index (χ2v) is 4.87. The molecule has 0 spiro atoms. The number of halogens is 1. The normalized spacial score (nSPS) is 13.5. The maximum absolute atomic E-state index is 3.63. The fourth-order valence-corrected chi connectivity index (χ4v) is 2.81. The van der Waals surface area contributed by atoms with E-state index >= 15 is 0 Å². The average molecular weight is 259 g/mol. The number of allylic oxidation sites excluding steroid dienone is 1. The van der Waals surface area contributed by atoms with Gasteiger partial charge in [-0.3, -0.25) is 0 Å². The highest BCUT2D eigenvalue weighted by Gasteiger charge is 2.11. The molecule has 0 aliphatic heterocycles. The second kappa shape index (κ2) is 3.21. The highest BCUT2D eigenvalue weighted by molar-refractivity contribution is 9.10. The number of hydrogen-bond donors (Lipinski definition) is 0. The van der Waals surface area contributed by atoms with E-state index in [9.17, 15) is 0 Å². The molecule has 0 atom stereocenters. The van der Waals surface area contributed by atoms with Gasteiger partial charge < -0.3 is 0 Å². The van der Waals surface area contributed by atoms with Crippen molar-refractivity contribution < 1.29 is 0 Å². The average Bonchev–Trinajstić information content (AvgIpc) is 2.26. The topological polar surface area (TPSA) is 0 Å². The van der Waals surface area contributed by atoms with Crippen molar-refractivity contribution in [2.45, 2.75) is 13.3 Å². The molecule has 0 radical (unpaired) electrons. The van der Waals surface area contributed by atoms with Gasteiger partial charge in [-0.2, -0.15) is 0 Å². The van der Waals surface area contributed by atoms with Gasteiger partial charge >= 0.3 is 0 Å². The molecule has 3 rings (SSSR count). The zero-order chi connectivity index (χ0) is 10.4. The third kappa shape index (κ3) is 1.26. The Balaban J connectivity index is 2.56. The lowest BCUT2D eigenvalue weighted by molar-refractivity contribution is 1.27. The van der Waals surface area contributed by atoms with Crippen LogP contribution >= 0.6 is 15.9 Å². The standard InChI is InChI=1S/C14H11Br/c1-9-12-7-3-5-10-4-2-6-11(14(10)12)8-13(9)15/h2-5,7-8H,6H2,1H3. The van der Waals surface area contributed by atoms with Crippen LogP contribution in [0.5, 0.6) is 0 Å². The molecule has 1 aliphatic carbocycles. The molecular weight excluding hydrogens is 248 g/mol. The van der Waals surface area contributed by atoms with E-state index < -0.39 is 0 Å². The summed E-state index contributed by atoms with van der Waals surface area (Å²) >= 11 is 3.63. The van der Waals surface area contributed by atoms with Gasteiger partial charge in [0.05, 0.1) is 0 Å². The maximum Gasteiger partial charge on any atom is 0.0213 e. The SMILES string of the molecule is Cc1c(Br)cc2c3c(cccc13)C=CC2. The van der Waals surface area contributed by atoms with E-state index in [1.165, 1.54) is 31.9 Å². The first-order chi connectivity index (χ1) is 7.27. The van der Waals surface area contributed by atoms with E-state index in [2.05, 4.69) is 59.3 Å². The molecule has 0 N–H and O–H groups in total. The number of rotatable bonds is 0. The molecule has 1 heteroatoms. The molecule has 0 nitrogen and oxygen atoms in total. The smallest absolute Gasteiger partial charge is 0.0213 e. The van der Waals surface area contributed by atoms with Crippen molar-refractivity contribution in [2.24, 2.45) is 0 Å². The van der Waals surface area contributed by atoms with Crippen LogP contribution in [0.1, 0.15) is 16.7 Å². The zero-order valence-corrected chi connectivity index (χ0v) is 10.1. The van der Waals surface area contributed by atoms with Crippen molar-refractivity contribution in [3.8, 4) is 0 Å². The summed E-state index contributed by atoms with van der Waals surface area (Å²) in [5, 5.41) is 2.81. The Bertz CT molecular complexity index is 579. The summed E-state index contributed by atoms with van der Waals surface area (Å²) in [6.07, 6.45) is 5.51. The number of benzene rings is 2. The van der Waals surface area contributed by atoms with Crippen LogP contribution in [0.15, 0.2) is 34.8 Å². The Morgan fingerprint density at radius 1 is 1.27 bits per heavy atom. The lowest BCUT2D eigenvalue weighted by atomic mass is 9.91. The van der Waals surface area contributed by atoms with Gasteiger partial charge in [0, 0.05) is 4.47 Å². The van der Waals surface area contributed by atoms with E-state index in [1.807, 2.05) is 0 Å². The van der Waals surface area contributed by atoms with Crippen LogP contribution in [0, 0.1) is 6.92 Å². The maximum atomic E-state index is 3.63. The van der Waals surface area contributed by atoms with Gasteiger partial charge in [0.1, 0.15) is 0 Å². The third-order valence-corrected chi connectivity index (χ3v) is 3.94. The summed E-state index contributed by atoms with van der Waals surface area (Å²) in [5.74, 6) is 0. The Hall–Kier alpha value is -1.08. The summed E-state index contributed by atoms with van der Waals surface area (Å²) in [6.45, 7) is 2.17. The number of hydrogen-bond acceptors (Lipinski definition) is 0. The summed E-state index contributed by atoms with van der Waals surface area (Å²) in [7, 11) is 0. The Labute approximate surface area is 97.7 Å². The second-order valence-electron chi connectivity index (χ2n) is 4.02. The van der Waals surface area contributed by atoms with Crippen molar-refractivity contribution >= 4 is 32.8 Å². The first kappa shape index (κ1) is 9.17. The van der Waals surface area contributed by atoms with Gasteiger partial charge in [-0.05, 0) is 46.9 Å². The van der Waals surface area contributed by atoms with Crippen LogP contribution < -0.4 is 0 Å². The zero-order valence-electron chi connectivity index (χ0n) is 8.55. The van der Waals surface area contributed by atoms with E-state index in [4.69, 9.17) is 0 Å². The van der Waals surface area contributed by atoms with Crippen LogP contribution in [0.3, 0.4) is 0 Å². The highest BCUT2D eigenvalue weighted by atomic mass is 79.9. The summed E-state index contributed by atoms with van der Waals surface area (Å²) in [4.78, 5) is 0. The lowest BCUT2D eigenvalue weighted by Crippen LogP contribution is -1.95. The van der Waals surface area contributed by atoms with Crippen LogP contribution in [0.2, 0.25) is 0 Å². The Morgan fingerprint density at radius 2 is 2.13 bits per heavy atom. The third-order valence-electron chi connectivity index (χ3n) is 3.12. The van der Waals surface area contributed by atoms with Crippen LogP contribution in [-0.4, -0.2) is 0 Å². The molecular formula is C14H11Br. The largest absolute Gasteiger partial charge is 0.0795 e. The van der Waals surface area contributed by atoms with E-state index in [1.54, 1.807) is 0 Å². The minimum absolute atomic E-state index is 1.05. The molecule has 2 aromatic rings. The summed E-state index contributed by atoms with van der Waals surface area (Å²) < 4.78 is 1.22. The minimum Gasteiger partial charge on any atom is -0.0795 e. The van der Waals surface area contributed by atoms with Crippen LogP contribution in [-0.2, 0) is 6.42 Å². The molecule has 2 aromatic carbocycles. The lowest BCUT2D eigenvalue weighted by Gasteiger charge is -2.15. The highest BCUT2D eigenvalue weighted by Crippen LogP contribution is 2.34. The summed E-state index contributed by atoms with van der Waals surface area (Å²) in [5.41, 5.74) is 4.12. The molecule has 0 fully saturated rings. The molecule has 1 aliphatic rings. The molecule has 0 aromatic heterocycles. The summed E-state index contributed by atoms with van der Waals surface area (Å²) in [6, 6.07) is 8.79. The molecule has 0 heterocycles. The van der Waals surface area contributed by atoms with Gasteiger partial charge in [-0.1, -0.05) is 46.3 Å². The van der Waals surface area contributed by atoms with Crippen LogP contribution in [0.25, 0.3) is 16.8 Å². The van der Waals surface area contributed by atoms with Crippen LogP contribution in [0.4, 0.5) is 0 Å². The first-order valence-electron chi connectivity index (χ1n) is 5.14. The van der Waals surface area contributed by atoms with Gasteiger partial charge in [0.15, 0.2) is 0 Å². The van der Waals surface area contributed by atoms with Crippen molar-refractivity contribution in [3.05, 3.63) is 51.5 Å². The molecule has 0 saturated heterocycles. The molecule has 74 valence electrons. The van der Waals surface area contributed by atoms with Crippen molar-refractivity contribution in [3.63, 3.8) is 0 Å². The fraction of sp³-hybridized carbons (Fsp3) is 0.143. The minimum atomic E-state index is 1.05. The predicted octanol–water partition coefficient (Wildman–Crippen LogP) is 4.48. The van der Waals surface area contributed by atoms with E-state index in [0.29, 0.717) is 0 Å². The molecule has 0 unspecified atom stereocenters. The van der Waals surface area contributed by atoms with Gasteiger partial charge in [-0.25, -0.2) is 0 Å². The monoisotopic (exact) mass is 258 g/mol. The van der Waals surface area contributed by atoms with Crippen molar-refractivity contribution in [1.82, 2.24) is 0 Å². The van der Waals surface area contributed by atoms with Crippen molar-refractivity contribution in [1.29, 1.82) is 0 Å². The molecule has 0 saturated carbocycles. The van der Waals surface area contributed by atoms with E-state index in [-0.39, 0.29) is 0 Å². The first-order valence-corrected chi connectivity index (χ1v) is 5.94. The molecule has 15 heavy (non-hydrogen) atoms. The Morgan fingerprint density at radius 3 is 3.00 bits per heavy atom. The quantitative estimate of drug-likeness (QED) is 0.654. The molecule has 0 amide bonds. The van der Waals surface area contributed by atoms with Gasteiger partial charge in [-0.15, -0.1) is 0 Å².